The highest BCUT2D eigenvalue weighted by molar-refractivity contribution is 8.00. The minimum atomic E-state index is -3.63. The van der Waals surface area contributed by atoms with E-state index in [0.29, 0.717) is 31.2 Å². The molecule has 0 spiro atoms. The van der Waals surface area contributed by atoms with Crippen LogP contribution in [-0.4, -0.2) is 59.9 Å². The summed E-state index contributed by atoms with van der Waals surface area (Å²) in [6, 6.07) is 27.2. The molecule has 1 atom stereocenters. The SMILES string of the molecule is CC(Sc1ccc(S(=O)(=O)N2CCN(Cc3ccccc3)CC2)cn1)C(=O)Nc1cccc2ccccc12. The van der Waals surface area contributed by atoms with Crippen LogP contribution < -0.4 is 5.32 Å². The molecule has 3 aromatic carbocycles. The lowest BCUT2D eigenvalue weighted by molar-refractivity contribution is -0.115. The van der Waals surface area contributed by atoms with Gasteiger partial charge in [0.1, 0.15) is 4.90 Å². The van der Waals surface area contributed by atoms with Crippen LogP contribution in [0.25, 0.3) is 10.8 Å². The minimum Gasteiger partial charge on any atom is -0.325 e. The van der Waals surface area contributed by atoms with E-state index in [2.05, 4.69) is 27.3 Å². The van der Waals surface area contributed by atoms with E-state index in [1.165, 1.54) is 27.8 Å². The molecule has 1 saturated heterocycles. The molecule has 1 aliphatic rings. The van der Waals surface area contributed by atoms with Crippen LogP contribution in [0.5, 0.6) is 0 Å². The van der Waals surface area contributed by atoms with E-state index in [9.17, 15) is 13.2 Å². The average molecular weight is 547 g/mol. The average Bonchev–Trinajstić information content (AvgIpc) is 2.94. The Bertz CT molecular complexity index is 1500. The number of carbonyl (C=O) groups excluding carboxylic acids is 1. The monoisotopic (exact) mass is 546 g/mol. The Kier molecular flexibility index (Phi) is 8.09. The zero-order valence-corrected chi connectivity index (χ0v) is 22.8. The second-order valence-corrected chi connectivity index (χ2v) is 12.6. The number of rotatable bonds is 8. The number of anilines is 1. The smallest absolute Gasteiger partial charge is 0.244 e. The van der Waals surface area contributed by atoms with Crippen molar-refractivity contribution in [1.29, 1.82) is 0 Å². The van der Waals surface area contributed by atoms with Crippen LogP contribution in [0.4, 0.5) is 5.69 Å². The Balaban J connectivity index is 1.17. The number of carbonyl (C=O) groups is 1. The summed E-state index contributed by atoms with van der Waals surface area (Å²) < 4.78 is 27.9. The zero-order chi connectivity index (χ0) is 26.5. The molecule has 7 nitrogen and oxygen atoms in total. The van der Waals surface area contributed by atoms with Crippen LogP contribution in [0, 0.1) is 0 Å². The molecule has 1 aromatic heterocycles. The third-order valence-electron chi connectivity index (χ3n) is 6.64. The summed E-state index contributed by atoms with van der Waals surface area (Å²) in [5.41, 5.74) is 1.99. The summed E-state index contributed by atoms with van der Waals surface area (Å²) in [5, 5.41) is 5.23. The molecule has 0 bridgehead atoms. The first-order valence-corrected chi connectivity index (χ1v) is 14.9. The van der Waals surface area contributed by atoms with E-state index < -0.39 is 15.3 Å². The van der Waals surface area contributed by atoms with Gasteiger partial charge in [-0.2, -0.15) is 4.31 Å². The highest BCUT2D eigenvalue weighted by Gasteiger charge is 2.29. The van der Waals surface area contributed by atoms with Gasteiger partial charge in [0.25, 0.3) is 0 Å². The number of sulfonamides is 1. The van der Waals surface area contributed by atoms with Gasteiger partial charge in [0.05, 0.1) is 10.3 Å². The van der Waals surface area contributed by atoms with Crippen LogP contribution in [0.3, 0.4) is 0 Å². The first-order chi connectivity index (χ1) is 18.4. The number of nitrogens with zero attached hydrogens (tertiary/aromatic N) is 3. The first kappa shape index (κ1) is 26.4. The second kappa shape index (κ2) is 11.7. The molecule has 0 aliphatic carbocycles. The largest absolute Gasteiger partial charge is 0.325 e. The predicted molar refractivity (Wildman–Crippen MR) is 153 cm³/mol. The Labute approximate surface area is 227 Å². The number of aromatic nitrogens is 1. The molecule has 2 heterocycles. The van der Waals surface area contributed by atoms with Crippen molar-refractivity contribution in [3.63, 3.8) is 0 Å². The molecule has 1 unspecified atom stereocenters. The number of hydrogen-bond acceptors (Lipinski definition) is 6. The van der Waals surface area contributed by atoms with Gasteiger partial charge in [-0.3, -0.25) is 9.69 Å². The number of benzene rings is 3. The van der Waals surface area contributed by atoms with E-state index in [-0.39, 0.29) is 10.8 Å². The van der Waals surface area contributed by atoms with Gasteiger partial charge >= 0.3 is 0 Å². The molecule has 5 rings (SSSR count). The highest BCUT2D eigenvalue weighted by Crippen LogP contribution is 2.27. The summed E-state index contributed by atoms with van der Waals surface area (Å²) in [7, 11) is -3.63. The van der Waals surface area contributed by atoms with E-state index in [4.69, 9.17) is 0 Å². The third-order valence-corrected chi connectivity index (χ3v) is 9.57. The van der Waals surface area contributed by atoms with Crippen molar-refractivity contribution in [2.45, 2.75) is 28.6 Å². The molecular formula is C29H30N4O3S2. The molecule has 38 heavy (non-hydrogen) atoms. The molecule has 1 aliphatic heterocycles. The van der Waals surface area contributed by atoms with Gasteiger partial charge in [0, 0.05) is 50.0 Å². The highest BCUT2D eigenvalue weighted by atomic mass is 32.2. The van der Waals surface area contributed by atoms with Crippen LogP contribution in [0.1, 0.15) is 12.5 Å². The number of nitrogens with one attached hydrogen (secondary N) is 1. The van der Waals surface area contributed by atoms with Crippen LogP contribution in [0.2, 0.25) is 0 Å². The van der Waals surface area contributed by atoms with Gasteiger partial charge in [0.15, 0.2) is 0 Å². The van der Waals surface area contributed by atoms with E-state index >= 15 is 0 Å². The number of piperazine rings is 1. The van der Waals surface area contributed by atoms with Crippen LogP contribution in [0.15, 0.2) is 101 Å². The predicted octanol–water partition coefficient (Wildman–Crippen LogP) is 4.86. The normalized spacial score (nSPS) is 15.8. The standard InChI is InChI=1S/C29H30N4O3S2/c1-22(29(34)31-27-13-7-11-24-10-5-6-12-26(24)27)37-28-15-14-25(20-30-28)38(35,36)33-18-16-32(17-19-33)21-23-8-3-2-4-9-23/h2-15,20,22H,16-19,21H2,1H3,(H,31,34). The lowest BCUT2D eigenvalue weighted by Crippen LogP contribution is -2.48. The van der Waals surface area contributed by atoms with E-state index in [1.54, 1.807) is 12.1 Å². The first-order valence-electron chi connectivity index (χ1n) is 12.6. The fourth-order valence-electron chi connectivity index (χ4n) is 4.51. The molecule has 196 valence electrons. The van der Waals surface area contributed by atoms with Gasteiger partial charge in [-0.1, -0.05) is 78.5 Å². The Morgan fingerprint density at radius 3 is 2.37 bits per heavy atom. The van der Waals surface area contributed by atoms with Crippen molar-refractivity contribution < 1.29 is 13.2 Å². The molecular weight excluding hydrogens is 516 g/mol. The molecule has 0 radical (unpaired) electrons. The summed E-state index contributed by atoms with van der Waals surface area (Å²) in [6.07, 6.45) is 1.39. The van der Waals surface area contributed by atoms with E-state index in [0.717, 1.165) is 23.0 Å². The van der Waals surface area contributed by atoms with Crippen molar-refractivity contribution in [1.82, 2.24) is 14.2 Å². The Morgan fingerprint density at radius 1 is 0.921 bits per heavy atom. The molecule has 9 heteroatoms. The lowest BCUT2D eigenvalue weighted by atomic mass is 10.1. The Hall–Kier alpha value is -3.24. The summed E-state index contributed by atoms with van der Waals surface area (Å²) in [5.74, 6) is -0.141. The topological polar surface area (TPSA) is 82.6 Å². The van der Waals surface area contributed by atoms with Crippen molar-refractivity contribution >= 4 is 44.2 Å². The number of pyridine rings is 1. The molecule has 1 fully saturated rings. The Morgan fingerprint density at radius 2 is 1.63 bits per heavy atom. The fraction of sp³-hybridized carbons (Fsp3) is 0.241. The number of thioether (sulfide) groups is 1. The molecule has 0 saturated carbocycles. The quantitative estimate of drug-likeness (QED) is 0.318. The maximum absolute atomic E-state index is 13.2. The van der Waals surface area contributed by atoms with Gasteiger partial charge in [-0.05, 0) is 36.1 Å². The number of fused-ring (bicyclic) bond motifs is 1. The second-order valence-electron chi connectivity index (χ2n) is 9.27. The number of hydrogen-bond donors (Lipinski definition) is 1. The molecule has 1 N–H and O–H groups in total. The van der Waals surface area contributed by atoms with E-state index in [1.807, 2.05) is 67.6 Å². The molecule has 4 aromatic rings. The van der Waals surface area contributed by atoms with Crippen molar-refractivity contribution in [2.24, 2.45) is 0 Å². The van der Waals surface area contributed by atoms with Crippen molar-refractivity contribution in [3.05, 3.63) is 96.7 Å². The van der Waals surface area contributed by atoms with Crippen molar-refractivity contribution in [3.8, 4) is 0 Å². The minimum absolute atomic E-state index is 0.141. The maximum Gasteiger partial charge on any atom is 0.244 e. The lowest BCUT2D eigenvalue weighted by Gasteiger charge is -2.33. The van der Waals surface area contributed by atoms with Crippen LogP contribution in [-0.2, 0) is 21.4 Å². The summed E-state index contributed by atoms with van der Waals surface area (Å²) in [4.78, 5) is 19.7. The number of amides is 1. The van der Waals surface area contributed by atoms with Crippen molar-refractivity contribution in [2.75, 3.05) is 31.5 Å². The zero-order valence-electron chi connectivity index (χ0n) is 21.2. The van der Waals surface area contributed by atoms with Gasteiger partial charge < -0.3 is 5.32 Å². The summed E-state index contributed by atoms with van der Waals surface area (Å²) >= 11 is 1.29. The van der Waals surface area contributed by atoms with Crippen LogP contribution >= 0.6 is 11.8 Å². The third kappa shape index (κ3) is 6.07. The molecule has 1 amide bonds. The van der Waals surface area contributed by atoms with Gasteiger partial charge in [-0.15, -0.1) is 0 Å². The fourth-order valence-corrected chi connectivity index (χ4v) is 6.67. The summed E-state index contributed by atoms with van der Waals surface area (Å²) in [6.45, 7) is 4.87. The van der Waals surface area contributed by atoms with Gasteiger partial charge in [0.2, 0.25) is 15.9 Å². The maximum atomic E-state index is 13.2. The van der Waals surface area contributed by atoms with Gasteiger partial charge in [-0.25, -0.2) is 13.4 Å².